The number of allylic oxidation sites excluding steroid dienone is 7. The van der Waals surface area contributed by atoms with Crippen molar-refractivity contribution in [2.24, 2.45) is 5.73 Å². The van der Waals surface area contributed by atoms with E-state index >= 15 is 0 Å². The smallest absolute Gasteiger partial charge is 0.431 e. The van der Waals surface area contributed by atoms with E-state index in [9.17, 15) is 0 Å². The predicted molar refractivity (Wildman–Crippen MR) is 46.3 cm³/mol. The van der Waals surface area contributed by atoms with Gasteiger partial charge in [-0.25, -0.2) is 18.2 Å². The number of nitrogens with two attached hydrogens (primary N) is 1. The van der Waals surface area contributed by atoms with Crippen LogP contribution in [0, 0.1) is 12.2 Å². The van der Waals surface area contributed by atoms with Crippen molar-refractivity contribution < 1.29 is 17.1 Å². The molecule has 0 aromatic rings. The zero-order valence-electron chi connectivity index (χ0n) is 6.73. The molecule has 0 aliphatic heterocycles. The molecule has 1 nitrogen and oxygen atoms in total. The predicted octanol–water partition coefficient (Wildman–Crippen LogP) is 1.90. The summed E-state index contributed by atoms with van der Waals surface area (Å²) in [6.07, 6.45) is 17.6. The summed E-state index contributed by atoms with van der Waals surface area (Å²) in [5, 5.41) is 0. The fourth-order valence-corrected chi connectivity index (χ4v) is 0.762. The van der Waals surface area contributed by atoms with Gasteiger partial charge in [-0.15, -0.1) is 18.5 Å². The van der Waals surface area contributed by atoms with E-state index in [2.05, 4.69) is 18.2 Å². The summed E-state index contributed by atoms with van der Waals surface area (Å²) in [7, 11) is 0. The SMILES string of the molecule is NC1=[C-]CC=C1.[C-]1=CC=CC1.[Fe+2]. The summed E-state index contributed by atoms with van der Waals surface area (Å²) in [4.78, 5) is 0. The van der Waals surface area contributed by atoms with Crippen LogP contribution in [0.2, 0.25) is 0 Å². The number of hydrogen-bond acceptors (Lipinski definition) is 1. The van der Waals surface area contributed by atoms with E-state index in [1.165, 1.54) is 0 Å². The van der Waals surface area contributed by atoms with Crippen molar-refractivity contribution in [3.05, 3.63) is 48.2 Å². The molecule has 0 bridgehead atoms. The normalized spacial score (nSPS) is 16.5. The molecule has 2 aliphatic carbocycles. The van der Waals surface area contributed by atoms with E-state index in [0.717, 1.165) is 18.5 Å². The van der Waals surface area contributed by atoms with Gasteiger partial charge in [0.15, 0.2) is 0 Å². The van der Waals surface area contributed by atoms with Crippen molar-refractivity contribution >= 4 is 0 Å². The number of rotatable bonds is 0. The van der Waals surface area contributed by atoms with Crippen molar-refractivity contribution in [3.8, 4) is 0 Å². The second kappa shape index (κ2) is 6.96. The third-order valence-corrected chi connectivity index (χ3v) is 1.31. The van der Waals surface area contributed by atoms with Gasteiger partial charge in [0.05, 0.1) is 0 Å². The fraction of sp³-hybridized carbons (Fsp3) is 0.200. The van der Waals surface area contributed by atoms with Gasteiger partial charge in [-0.2, -0.15) is 18.2 Å². The topological polar surface area (TPSA) is 26.0 Å². The second-order valence-electron chi connectivity index (χ2n) is 2.24. The summed E-state index contributed by atoms with van der Waals surface area (Å²) in [5.74, 6) is 0. The van der Waals surface area contributed by atoms with E-state index in [1.807, 2.05) is 24.3 Å². The standard InChI is InChI=1S/C5H6N.C5H5.Fe/c6-5-3-1-2-4-5;1-2-4-5-3-1;/h1,3H,2,6H2;1-3H,4H2;/q2*-1;+2. The maximum Gasteiger partial charge on any atom is 2.00 e. The molecule has 12 heavy (non-hydrogen) atoms. The van der Waals surface area contributed by atoms with Crippen molar-refractivity contribution in [3.63, 3.8) is 0 Å². The van der Waals surface area contributed by atoms with Gasteiger partial charge in [-0.1, -0.05) is 0 Å². The summed E-state index contributed by atoms with van der Waals surface area (Å²) >= 11 is 0. The Morgan fingerprint density at radius 2 is 2.08 bits per heavy atom. The van der Waals surface area contributed by atoms with E-state index in [1.54, 1.807) is 0 Å². The molecule has 0 amide bonds. The van der Waals surface area contributed by atoms with Crippen LogP contribution in [0.25, 0.3) is 0 Å². The summed E-state index contributed by atoms with van der Waals surface area (Å²) < 4.78 is 0. The second-order valence-corrected chi connectivity index (χ2v) is 2.24. The Kier molecular flexibility index (Phi) is 6.54. The third-order valence-electron chi connectivity index (χ3n) is 1.31. The molecule has 0 fully saturated rings. The molecule has 2 aliphatic rings. The summed E-state index contributed by atoms with van der Waals surface area (Å²) in [5.41, 5.74) is 6.03. The van der Waals surface area contributed by atoms with Crippen LogP contribution in [-0.4, -0.2) is 0 Å². The maximum atomic E-state index is 5.25. The van der Waals surface area contributed by atoms with Crippen molar-refractivity contribution in [1.82, 2.24) is 0 Å². The Hall–Kier alpha value is -0.721. The molecule has 64 valence electrons. The Balaban J connectivity index is 0.000000189. The molecule has 0 aromatic carbocycles. The quantitative estimate of drug-likeness (QED) is 0.470. The van der Waals surface area contributed by atoms with E-state index in [-0.39, 0.29) is 17.1 Å². The first-order valence-corrected chi connectivity index (χ1v) is 3.64. The van der Waals surface area contributed by atoms with Gasteiger partial charge in [0.25, 0.3) is 0 Å². The Morgan fingerprint density at radius 3 is 2.25 bits per heavy atom. The van der Waals surface area contributed by atoms with E-state index in [0.29, 0.717) is 0 Å². The number of hydrogen-bond donors (Lipinski definition) is 1. The molecular formula is C10H11FeN. The molecule has 0 saturated carbocycles. The minimum Gasteiger partial charge on any atom is -0.431 e. The van der Waals surface area contributed by atoms with Gasteiger partial charge < -0.3 is 5.73 Å². The van der Waals surface area contributed by atoms with Gasteiger partial charge in [-0.3, -0.25) is 6.08 Å². The van der Waals surface area contributed by atoms with Crippen LogP contribution in [0.1, 0.15) is 12.8 Å². The van der Waals surface area contributed by atoms with Crippen LogP contribution in [0.3, 0.4) is 0 Å². The molecule has 0 saturated heterocycles. The van der Waals surface area contributed by atoms with Crippen LogP contribution in [0.15, 0.2) is 36.1 Å². The Bertz CT molecular complexity index is 211. The minimum absolute atomic E-state index is 0. The first kappa shape index (κ1) is 11.3. The van der Waals surface area contributed by atoms with Gasteiger partial charge >= 0.3 is 17.1 Å². The van der Waals surface area contributed by atoms with Crippen molar-refractivity contribution in [1.29, 1.82) is 0 Å². The Labute approximate surface area is 84.2 Å². The zero-order valence-corrected chi connectivity index (χ0v) is 7.84. The average molecular weight is 201 g/mol. The average Bonchev–Trinajstić information content (AvgIpc) is 2.57. The van der Waals surface area contributed by atoms with Crippen LogP contribution in [0.4, 0.5) is 0 Å². The minimum atomic E-state index is 0. The summed E-state index contributed by atoms with van der Waals surface area (Å²) in [6.45, 7) is 0. The molecule has 2 N–H and O–H groups in total. The molecule has 0 unspecified atom stereocenters. The molecule has 2 rings (SSSR count). The van der Waals surface area contributed by atoms with Gasteiger partial charge in [-0.05, 0) is 0 Å². The summed E-state index contributed by atoms with van der Waals surface area (Å²) in [6, 6.07) is 0. The largest absolute Gasteiger partial charge is 2.00 e. The van der Waals surface area contributed by atoms with Crippen LogP contribution in [-0.2, 0) is 17.1 Å². The molecule has 0 atom stereocenters. The molecule has 2 heteroatoms. The van der Waals surface area contributed by atoms with Gasteiger partial charge in [0.2, 0.25) is 0 Å². The van der Waals surface area contributed by atoms with Crippen molar-refractivity contribution in [2.75, 3.05) is 0 Å². The zero-order chi connectivity index (χ0) is 7.94. The monoisotopic (exact) mass is 201 g/mol. The molecule has 0 aromatic heterocycles. The van der Waals surface area contributed by atoms with Crippen LogP contribution in [0.5, 0.6) is 0 Å². The molecular weight excluding hydrogens is 190 g/mol. The van der Waals surface area contributed by atoms with E-state index in [4.69, 9.17) is 5.73 Å². The van der Waals surface area contributed by atoms with Crippen molar-refractivity contribution in [2.45, 2.75) is 12.8 Å². The molecule has 0 radical (unpaired) electrons. The first-order valence-electron chi connectivity index (χ1n) is 3.64. The van der Waals surface area contributed by atoms with E-state index < -0.39 is 0 Å². The van der Waals surface area contributed by atoms with Gasteiger partial charge in [0, 0.05) is 0 Å². The Morgan fingerprint density at radius 1 is 1.25 bits per heavy atom. The maximum absolute atomic E-state index is 5.25. The van der Waals surface area contributed by atoms with Crippen LogP contribution >= 0.6 is 0 Å². The fourth-order valence-electron chi connectivity index (χ4n) is 0.762. The third kappa shape index (κ3) is 5.00. The molecule has 0 spiro atoms. The first-order chi connectivity index (χ1) is 5.39. The molecule has 0 heterocycles. The van der Waals surface area contributed by atoms with Gasteiger partial charge in [0.1, 0.15) is 0 Å². The van der Waals surface area contributed by atoms with Crippen LogP contribution < -0.4 is 5.73 Å².